The van der Waals surface area contributed by atoms with Gasteiger partial charge < -0.3 is 0 Å². The maximum Gasteiger partial charge on any atom is 0.735 e. The van der Waals surface area contributed by atoms with Crippen LogP contribution in [0.25, 0.3) is 0 Å². The molecule has 0 radical (unpaired) electrons. The van der Waals surface area contributed by atoms with Gasteiger partial charge >= 0.3 is 8.25 Å². The Kier molecular flexibility index (Phi) is 2.14. The highest BCUT2D eigenvalue weighted by atomic mass is 31.1. The second kappa shape index (κ2) is 3.01. The Hall–Kier alpha value is -0.0600. The third-order valence-corrected chi connectivity index (χ3v) is 2.63. The molecule has 0 N–H and O–H groups in total. The van der Waals surface area contributed by atoms with E-state index in [9.17, 15) is 4.57 Å². The summed E-state index contributed by atoms with van der Waals surface area (Å²) in [6.45, 7) is 5.70. The molecule has 2 aliphatic rings. The molecule has 68 valence electrons. The summed E-state index contributed by atoms with van der Waals surface area (Å²) in [4.78, 5) is 0. The summed E-state index contributed by atoms with van der Waals surface area (Å²) in [5, 5.41) is 3.29. The van der Waals surface area contributed by atoms with E-state index in [0.29, 0.717) is 12.1 Å². The van der Waals surface area contributed by atoms with Crippen molar-refractivity contribution in [3.63, 3.8) is 0 Å². The van der Waals surface area contributed by atoms with E-state index in [4.69, 9.17) is 9.25 Å². The van der Waals surface area contributed by atoms with Gasteiger partial charge in [0.25, 0.3) is 0 Å². The van der Waals surface area contributed by atoms with Crippen molar-refractivity contribution in [2.75, 3.05) is 13.1 Å². The molecule has 4 atom stereocenters. The van der Waals surface area contributed by atoms with Gasteiger partial charge in [0, 0.05) is 17.7 Å². The van der Waals surface area contributed by atoms with Crippen LogP contribution in [-0.2, 0) is 13.8 Å². The summed E-state index contributed by atoms with van der Waals surface area (Å²) in [5.74, 6) is 0. The van der Waals surface area contributed by atoms with Crippen LogP contribution in [0.1, 0.15) is 13.8 Å². The molecule has 0 amide bonds. The van der Waals surface area contributed by atoms with E-state index in [1.54, 1.807) is 10.1 Å². The first kappa shape index (κ1) is 8.53. The largest absolute Gasteiger partial charge is 0.735 e. The Labute approximate surface area is 72.1 Å². The van der Waals surface area contributed by atoms with Crippen molar-refractivity contribution in [3.8, 4) is 0 Å². The minimum Gasteiger partial charge on any atom is -0.130 e. The van der Waals surface area contributed by atoms with Gasteiger partial charge in [0.1, 0.15) is 0 Å². The topological polar surface area (TPSA) is 41.6 Å². The van der Waals surface area contributed by atoms with E-state index in [2.05, 4.69) is 0 Å². The van der Waals surface area contributed by atoms with Gasteiger partial charge in [-0.2, -0.15) is 0 Å². The predicted octanol–water partition coefficient (Wildman–Crippen LogP) is 0.915. The standard InChI is InChI=1S/C6H12N2O3P/c1-5-3-7(5)10-12(9)11-8-4-6(8)2/h5-6H,3-4H2,1-2H3/q+1. The fourth-order valence-corrected chi connectivity index (χ4v) is 1.67. The fraction of sp³-hybridized carbons (Fsp3) is 1.00. The summed E-state index contributed by atoms with van der Waals surface area (Å²) >= 11 is 0. The molecule has 6 heteroatoms. The van der Waals surface area contributed by atoms with Crippen LogP contribution in [0.3, 0.4) is 0 Å². The molecule has 12 heavy (non-hydrogen) atoms. The van der Waals surface area contributed by atoms with Crippen LogP contribution in [0.15, 0.2) is 0 Å². The lowest BCUT2D eigenvalue weighted by Gasteiger charge is -1.89. The van der Waals surface area contributed by atoms with Crippen LogP contribution < -0.4 is 0 Å². The van der Waals surface area contributed by atoms with Gasteiger partial charge in [0.15, 0.2) is 0 Å². The van der Waals surface area contributed by atoms with E-state index in [1.165, 1.54) is 0 Å². The Balaban J connectivity index is 1.64. The smallest absolute Gasteiger partial charge is 0.130 e. The Bertz CT molecular complexity index is 193. The van der Waals surface area contributed by atoms with Gasteiger partial charge in [0.2, 0.25) is 0 Å². The molecule has 2 saturated heterocycles. The van der Waals surface area contributed by atoms with E-state index in [1.807, 2.05) is 13.8 Å². The summed E-state index contributed by atoms with van der Waals surface area (Å²) in [7, 11) is -1.99. The highest BCUT2D eigenvalue weighted by molar-refractivity contribution is 7.33. The minimum absolute atomic E-state index is 0.388. The van der Waals surface area contributed by atoms with Crippen molar-refractivity contribution >= 4 is 8.25 Å². The molecule has 0 aromatic carbocycles. The lowest BCUT2D eigenvalue weighted by molar-refractivity contribution is -0.0130. The second-order valence-corrected chi connectivity index (χ2v) is 4.06. The normalized spacial score (nSPS) is 45.7. The van der Waals surface area contributed by atoms with Crippen LogP contribution in [0, 0.1) is 0 Å². The molecule has 2 rings (SSSR count). The molecule has 2 fully saturated rings. The summed E-state index contributed by atoms with van der Waals surface area (Å²) in [6.07, 6.45) is 0. The molecule has 4 unspecified atom stereocenters. The van der Waals surface area contributed by atoms with Gasteiger partial charge in [-0.3, -0.25) is 0 Å². The summed E-state index contributed by atoms with van der Waals surface area (Å²) in [5.41, 5.74) is 0. The zero-order valence-corrected chi connectivity index (χ0v) is 8.03. The lowest BCUT2D eigenvalue weighted by atomic mass is 10.6. The molecule has 2 aliphatic heterocycles. The Morgan fingerprint density at radius 2 is 1.50 bits per heavy atom. The van der Waals surface area contributed by atoms with Gasteiger partial charge in [-0.1, -0.05) is 0 Å². The van der Waals surface area contributed by atoms with E-state index in [0.717, 1.165) is 13.1 Å². The van der Waals surface area contributed by atoms with Crippen LogP contribution in [0.5, 0.6) is 0 Å². The van der Waals surface area contributed by atoms with E-state index >= 15 is 0 Å². The zero-order valence-electron chi connectivity index (χ0n) is 7.14. The lowest BCUT2D eigenvalue weighted by Crippen LogP contribution is -2.00. The highest BCUT2D eigenvalue weighted by Crippen LogP contribution is 2.36. The van der Waals surface area contributed by atoms with Crippen LogP contribution in [0.2, 0.25) is 0 Å². The highest BCUT2D eigenvalue weighted by Gasteiger charge is 2.45. The Morgan fingerprint density at radius 1 is 1.17 bits per heavy atom. The van der Waals surface area contributed by atoms with Crippen molar-refractivity contribution in [1.82, 2.24) is 10.1 Å². The number of hydrogen-bond donors (Lipinski definition) is 0. The van der Waals surface area contributed by atoms with Crippen molar-refractivity contribution in [2.24, 2.45) is 0 Å². The number of rotatable bonds is 4. The SMILES string of the molecule is CC1CN1O[P+](=O)ON1CC1C. The summed E-state index contributed by atoms with van der Waals surface area (Å²) < 4.78 is 21.0. The number of hydrogen-bond acceptors (Lipinski definition) is 5. The summed E-state index contributed by atoms with van der Waals surface area (Å²) in [6, 6.07) is 0.776. The average Bonchev–Trinajstić information content (AvgIpc) is 2.80. The second-order valence-electron chi connectivity index (χ2n) is 3.28. The van der Waals surface area contributed by atoms with E-state index in [-0.39, 0.29) is 0 Å². The maximum atomic E-state index is 11.1. The van der Waals surface area contributed by atoms with Crippen molar-refractivity contribution < 1.29 is 13.8 Å². The Morgan fingerprint density at radius 3 is 1.75 bits per heavy atom. The fourth-order valence-electron chi connectivity index (χ4n) is 0.840. The molecule has 0 bridgehead atoms. The van der Waals surface area contributed by atoms with Crippen molar-refractivity contribution in [1.29, 1.82) is 0 Å². The molecular formula is C6H12N2O3P+. The molecule has 0 saturated carbocycles. The molecular weight excluding hydrogens is 179 g/mol. The molecule has 5 nitrogen and oxygen atoms in total. The third-order valence-electron chi connectivity index (χ3n) is 1.95. The molecule has 0 spiro atoms. The quantitative estimate of drug-likeness (QED) is 0.488. The van der Waals surface area contributed by atoms with Gasteiger partial charge in [0.05, 0.1) is 12.1 Å². The van der Waals surface area contributed by atoms with E-state index < -0.39 is 8.25 Å². The third kappa shape index (κ3) is 2.00. The van der Waals surface area contributed by atoms with Gasteiger partial charge in [-0.05, 0) is 23.1 Å². The first-order chi connectivity index (χ1) is 5.66. The average molecular weight is 191 g/mol. The first-order valence-corrected chi connectivity index (χ1v) is 5.13. The predicted molar refractivity (Wildman–Crippen MR) is 42.1 cm³/mol. The first-order valence-electron chi connectivity index (χ1n) is 4.03. The van der Waals surface area contributed by atoms with Crippen LogP contribution >= 0.6 is 8.25 Å². The monoisotopic (exact) mass is 191 g/mol. The van der Waals surface area contributed by atoms with Gasteiger partial charge in [-0.15, -0.1) is 10.1 Å². The van der Waals surface area contributed by atoms with Gasteiger partial charge in [-0.25, -0.2) is 0 Å². The molecule has 0 aliphatic carbocycles. The number of nitrogens with zero attached hydrogens (tertiary/aromatic N) is 2. The zero-order chi connectivity index (χ0) is 8.72. The molecule has 0 aromatic heterocycles. The van der Waals surface area contributed by atoms with Crippen molar-refractivity contribution in [2.45, 2.75) is 25.9 Å². The maximum absolute atomic E-state index is 11.1. The van der Waals surface area contributed by atoms with Crippen molar-refractivity contribution in [3.05, 3.63) is 0 Å². The molecule has 0 aromatic rings. The van der Waals surface area contributed by atoms with Crippen LogP contribution in [-0.4, -0.2) is 35.3 Å². The number of hydroxylamine groups is 4. The van der Waals surface area contributed by atoms with Crippen LogP contribution in [0.4, 0.5) is 0 Å². The minimum atomic E-state index is -1.99. The molecule has 2 heterocycles.